The van der Waals surface area contributed by atoms with Gasteiger partial charge in [0.2, 0.25) is 5.89 Å². The van der Waals surface area contributed by atoms with Crippen LogP contribution in [0.4, 0.5) is 0 Å². The zero-order valence-corrected chi connectivity index (χ0v) is 19.7. The Bertz CT molecular complexity index is 673. The maximum absolute atomic E-state index is 5.26. The highest BCUT2D eigenvalue weighted by Gasteiger charge is 2.11. The lowest BCUT2D eigenvalue weighted by Crippen LogP contribution is -2.38. The first kappa shape index (κ1) is 22.4. The number of rotatable bonds is 7. The van der Waals surface area contributed by atoms with Gasteiger partial charge in [-0.1, -0.05) is 19.0 Å². The number of halogens is 2. The first-order valence-corrected chi connectivity index (χ1v) is 9.66. The van der Waals surface area contributed by atoms with E-state index in [-0.39, 0.29) is 29.9 Å². The summed E-state index contributed by atoms with van der Waals surface area (Å²) in [6.45, 7) is 8.43. The molecule has 0 atom stereocenters. The van der Waals surface area contributed by atoms with Gasteiger partial charge in [-0.2, -0.15) is 4.98 Å². The van der Waals surface area contributed by atoms with E-state index in [0.717, 1.165) is 28.7 Å². The van der Waals surface area contributed by atoms with Gasteiger partial charge in [0.05, 0.1) is 16.9 Å². The number of hydrogen-bond donors (Lipinski definition) is 1. The third kappa shape index (κ3) is 7.22. The molecule has 6 nitrogen and oxygen atoms in total. The molecule has 2 aromatic rings. The first-order chi connectivity index (χ1) is 11.5. The molecule has 0 saturated carbocycles. The van der Waals surface area contributed by atoms with Gasteiger partial charge in [-0.3, -0.25) is 4.99 Å². The van der Waals surface area contributed by atoms with Crippen LogP contribution in [0.15, 0.2) is 25.4 Å². The van der Waals surface area contributed by atoms with Crippen molar-refractivity contribution in [3.63, 3.8) is 0 Å². The Morgan fingerprint density at radius 2 is 2.20 bits per heavy atom. The van der Waals surface area contributed by atoms with Crippen molar-refractivity contribution in [3.05, 3.63) is 32.5 Å². The van der Waals surface area contributed by atoms with E-state index in [1.165, 1.54) is 4.88 Å². The molecular weight excluding hydrogens is 517 g/mol. The number of guanidine groups is 1. The van der Waals surface area contributed by atoms with Crippen molar-refractivity contribution in [2.45, 2.75) is 39.7 Å². The molecule has 25 heavy (non-hydrogen) atoms. The normalized spacial score (nSPS) is 11.5. The highest BCUT2D eigenvalue weighted by molar-refractivity contribution is 14.0. The van der Waals surface area contributed by atoms with Crippen LogP contribution in [0.1, 0.15) is 43.3 Å². The van der Waals surface area contributed by atoms with Gasteiger partial charge in [0.1, 0.15) is 0 Å². The number of aromatic nitrogens is 2. The molecular formula is C16H25BrIN5OS. The van der Waals surface area contributed by atoms with Gasteiger partial charge in [-0.25, -0.2) is 0 Å². The summed E-state index contributed by atoms with van der Waals surface area (Å²) >= 11 is 5.24. The molecule has 0 bridgehead atoms. The second kappa shape index (κ2) is 11.1. The predicted molar refractivity (Wildman–Crippen MR) is 117 cm³/mol. The lowest BCUT2D eigenvalue weighted by molar-refractivity contribution is 0.372. The molecule has 0 spiro atoms. The molecule has 0 aliphatic rings. The molecule has 0 radical (unpaired) electrons. The summed E-state index contributed by atoms with van der Waals surface area (Å²) < 4.78 is 6.40. The molecule has 0 aliphatic heterocycles. The Morgan fingerprint density at radius 1 is 1.44 bits per heavy atom. The zero-order chi connectivity index (χ0) is 17.5. The lowest BCUT2D eigenvalue weighted by atomic mass is 10.2. The molecule has 0 unspecified atom stereocenters. The smallest absolute Gasteiger partial charge is 0.228 e. The minimum atomic E-state index is 0. The van der Waals surface area contributed by atoms with E-state index in [1.54, 1.807) is 11.3 Å². The molecule has 2 aromatic heterocycles. The zero-order valence-electron chi connectivity index (χ0n) is 15.0. The number of aliphatic imine (C=N–C) groups is 1. The molecule has 140 valence electrons. The van der Waals surface area contributed by atoms with Crippen molar-refractivity contribution >= 4 is 57.2 Å². The van der Waals surface area contributed by atoms with Gasteiger partial charge in [0.15, 0.2) is 11.8 Å². The monoisotopic (exact) mass is 541 g/mol. The SMILES string of the molecule is CCNC(=NCCc1nc(C(C)C)no1)N(C)Cc1ccc(Br)s1.I. The number of nitrogens with zero attached hydrogens (tertiary/aromatic N) is 4. The van der Waals surface area contributed by atoms with Crippen LogP contribution in [0.3, 0.4) is 0 Å². The van der Waals surface area contributed by atoms with Gasteiger partial charge in [0.25, 0.3) is 0 Å². The summed E-state index contributed by atoms with van der Waals surface area (Å²) in [6, 6.07) is 4.19. The Balaban J connectivity index is 0.00000312. The van der Waals surface area contributed by atoms with Crippen molar-refractivity contribution < 1.29 is 4.52 Å². The molecule has 0 aromatic carbocycles. The average molecular weight is 542 g/mol. The third-order valence-electron chi connectivity index (χ3n) is 3.31. The largest absolute Gasteiger partial charge is 0.357 e. The van der Waals surface area contributed by atoms with Gasteiger partial charge in [0, 0.05) is 30.8 Å². The third-order valence-corrected chi connectivity index (χ3v) is 4.91. The van der Waals surface area contributed by atoms with E-state index < -0.39 is 0 Å². The van der Waals surface area contributed by atoms with E-state index in [1.807, 2.05) is 20.9 Å². The van der Waals surface area contributed by atoms with Gasteiger partial charge in [-0.15, -0.1) is 35.3 Å². The summed E-state index contributed by atoms with van der Waals surface area (Å²) in [5.41, 5.74) is 0. The highest BCUT2D eigenvalue weighted by atomic mass is 127. The molecule has 0 saturated heterocycles. The van der Waals surface area contributed by atoms with Crippen LogP contribution in [0, 0.1) is 0 Å². The van der Waals surface area contributed by atoms with Crippen LogP contribution in [0.5, 0.6) is 0 Å². The maximum atomic E-state index is 5.26. The molecule has 9 heteroatoms. The van der Waals surface area contributed by atoms with E-state index in [4.69, 9.17) is 4.52 Å². The van der Waals surface area contributed by atoms with Crippen LogP contribution >= 0.6 is 51.2 Å². The van der Waals surface area contributed by atoms with E-state index in [9.17, 15) is 0 Å². The number of thiophene rings is 1. The Hall–Kier alpha value is -0.680. The van der Waals surface area contributed by atoms with Crippen molar-refractivity contribution in [2.24, 2.45) is 4.99 Å². The fourth-order valence-electron chi connectivity index (χ4n) is 2.08. The van der Waals surface area contributed by atoms with Crippen molar-refractivity contribution in [1.29, 1.82) is 0 Å². The lowest BCUT2D eigenvalue weighted by Gasteiger charge is -2.21. The number of hydrogen-bond acceptors (Lipinski definition) is 5. The van der Waals surface area contributed by atoms with Gasteiger partial charge in [-0.05, 0) is 35.0 Å². The molecule has 1 N–H and O–H groups in total. The number of nitrogens with one attached hydrogen (secondary N) is 1. The second-order valence-corrected chi connectivity index (χ2v) is 8.30. The van der Waals surface area contributed by atoms with Crippen LogP contribution in [0.25, 0.3) is 0 Å². The summed E-state index contributed by atoms with van der Waals surface area (Å²) in [6.07, 6.45) is 0.646. The minimum absolute atomic E-state index is 0. The van der Waals surface area contributed by atoms with Crippen LogP contribution < -0.4 is 5.32 Å². The standard InChI is InChI=1S/C16H24BrN5OS.HI/c1-5-18-16(22(4)10-12-6-7-13(17)24-12)19-9-8-14-20-15(11(2)3)21-23-14;/h6-7,11H,5,8-10H2,1-4H3,(H,18,19);1H. The molecule has 0 fully saturated rings. The van der Waals surface area contributed by atoms with Crippen LogP contribution in [-0.2, 0) is 13.0 Å². The minimum Gasteiger partial charge on any atom is -0.357 e. The first-order valence-electron chi connectivity index (χ1n) is 8.05. The van der Waals surface area contributed by atoms with Crippen molar-refractivity contribution in [2.75, 3.05) is 20.1 Å². The summed E-state index contributed by atoms with van der Waals surface area (Å²) in [5, 5.41) is 7.30. The quantitative estimate of drug-likeness (QED) is 0.322. The van der Waals surface area contributed by atoms with E-state index in [0.29, 0.717) is 18.9 Å². The highest BCUT2D eigenvalue weighted by Crippen LogP contribution is 2.23. The second-order valence-electron chi connectivity index (χ2n) is 5.75. The Morgan fingerprint density at radius 3 is 2.76 bits per heavy atom. The molecule has 0 aliphatic carbocycles. The van der Waals surface area contributed by atoms with Crippen molar-refractivity contribution in [1.82, 2.24) is 20.4 Å². The van der Waals surface area contributed by atoms with Crippen LogP contribution in [0.2, 0.25) is 0 Å². The molecule has 2 heterocycles. The van der Waals surface area contributed by atoms with Gasteiger partial charge < -0.3 is 14.7 Å². The Kier molecular flexibility index (Phi) is 9.95. The molecule has 0 amide bonds. The topological polar surface area (TPSA) is 66.5 Å². The predicted octanol–water partition coefficient (Wildman–Crippen LogP) is 4.28. The average Bonchev–Trinajstić information content (AvgIpc) is 3.15. The van der Waals surface area contributed by atoms with Gasteiger partial charge >= 0.3 is 0 Å². The fourth-order valence-corrected chi connectivity index (χ4v) is 3.61. The summed E-state index contributed by atoms with van der Waals surface area (Å²) in [7, 11) is 2.04. The van der Waals surface area contributed by atoms with Crippen LogP contribution in [-0.4, -0.2) is 41.1 Å². The molecule has 2 rings (SSSR count). The summed E-state index contributed by atoms with van der Waals surface area (Å²) in [5.74, 6) is 2.55. The summed E-state index contributed by atoms with van der Waals surface area (Å²) in [4.78, 5) is 12.5. The van der Waals surface area contributed by atoms with Crippen molar-refractivity contribution in [3.8, 4) is 0 Å². The van der Waals surface area contributed by atoms with E-state index >= 15 is 0 Å². The fraction of sp³-hybridized carbons (Fsp3) is 0.562. The Labute approximate surface area is 178 Å². The maximum Gasteiger partial charge on any atom is 0.228 e. The van der Waals surface area contributed by atoms with E-state index in [2.05, 4.69) is 60.3 Å².